The first-order chi connectivity index (χ1) is 15.8. The molecule has 16 heteroatoms. The Balaban J connectivity index is 1.59. The summed E-state index contributed by atoms with van der Waals surface area (Å²) in [4.78, 5) is 48.7. The van der Waals surface area contributed by atoms with Gasteiger partial charge in [0.25, 0.3) is 0 Å². The van der Waals surface area contributed by atoms with Crippen LogP contribution in [-0.2, 0) is 29.8 Å². The standard InChI is InChI=1S/C18H25N3O11P2/c1-11-2-4-12(5-3-11)8-30-20-14-6-7-21(18(24)19-14)17-16(23)15(22)13(32-17)9-31-34(28,29)10-33(25,26)27/h2-7,13,15-17,22-23H,8-10H2,1H3,(H,28,29)(H,19,20,24)(H2,25,26,27)/t13-,15-,16-,17-/m1/s1. The predicted molar refractivity (Wildman–Crippen MR) is 117 cm³/mol. The third-order valence-electron chi connectivity index (χ3n) is 4.78. The summed E-state index contributed by atoms with van der Waals surface area (Å²) in [6.45, 7) is 1.40. The first-order valence-electron chi connectivity index (χ1n) is 9.90. The molecule has 6 N–H and O–H groups in total. The maximum absolute atomic E-state index is 12.4. The second kappa shape index (κ2) is 10.8. The van der Waals surface area contributed by atoms with Crippen LogP contribution in [0.15, 0.2) is 41.3 Å². The minimum atomic E-state index is -4.84. The van der Waals surface area contributed by atoms with Crippen molar-refractivity contribution in [2.45, 2.75) is 38.1 Å². The number of ether oxygens (including phenoxy) is 1. The fraction of sp³-hybridized carbons (Fsp3) is 0.444. The third-order valence-corrected chi connectivity index (χ3v) is 8.24. The minimum absolute atomic E-state index is 0.0833. The van der Waals surface area contributed by atoms with E-state index in [9.17, 15) is 29.0 Å². The fourth-order valence-electron chi connectivity index (χ4n) is 3.10. The van der Waals surface area contributed by atoms with Crippen LogP contribution in [0.5, 0.6) is 0 Å². The monoisotopic (exact) mass is 521 g/mol. The zero-order valence-corrected chi connectivity index (χ0v) is 19.7. The van der Waals surface area contributed by atoms with Gasteiger partial charge in [-0.3, -0.25) is 18.5 Å². The van der Waals surface area contributed by atoms with Crippen molar-refractivity contribution in [1.82, 2.24) is 9.55 Å². The fourth-order valence-corrected chi connectivity index (χ4v) is 5.67. The quantitative estimate of drug-likeness (QED) is 0.181. The van der Waals surface area contributed by atoms with Crippen LogP contribution < -0.4 is 11.2 Å². The lowest BCUT2D eigenvalue weighted by atomic mass is 10.1. The molecule has 1 fully saturated rings. The molecule has 1 aromatic carbocycles. The second-order valence-electron chi connectivity index (χ2n) is 7.66. The van der Waals surface area contributed by atoms with Gasteiger partial charge in [0.05, 0.1) is 13.2 Å². The van der Waals surface area contributed by atoms with Crippen molar-refractivity contribution in [3.05, 3.63) is 58.1 Å². The zero-order chi connectivity index (χ0) is 25.1. The number of aliphatic hydroxyl groups is 2. The van der Waals surface area contributed by atoms with E-state index in [1.165, 1.54) is 12.3 Å². The van der Waals surface area contributed by atoms with Crippen LogP contribution in [-0.4, -0.2) is 65.3 Å². The van der Waals surface area contributed by atoms with Gasteiger partial charge < -0.3 is 34.2 Å². The summed E-state index contributed by atoms with van der Waals surface area (Å²) in [6, 6.07) is 8.98. The number of aliphatic hydroxyl groups excluding tert-OH is 2. The lowest BCUT2D eigenvalue weighted by molar-refractivity contribution is -0.0523. The Bertz CT molecular complexity index is 1140. The van der Waals surface area contributed by atoms with Crippen molar-refractivity contribution in [1.29, 1.82) is 0 Å². The molecular formula is C18H25N3O11P2. The number of nitrogens with one attached hydrogen (secondary N) is 1. The Morgan fingerprint density at radius 2 is 1.79 bits per heavy atom. The molecule has 0 radical (unpaired) electrons. The van der Waals surface area contributed by atoms with Gasteiger partial charge >= 0.3 is 20.9 Å². The number of nitrogens with zero attached hydrogens (tertiary/aromatic N) is 2. The molecule has 34 heavy (non-hydrogen) atoms. The smallest absolute Gasteiger partial charge is 0.351 e. The average Bonchev–Trinajstić information content (AvgIpc) is 3.01. The molecule has 0 spiro atoms. The van der Waals surface area contributed by atoms with Gasteiger partial charge in [0.2, 0.25) is 0 Å². The first kappa shape index (κ1) is 26.6. The molecule has 1 saturated heterocycles. The van der Waals surface area contributed by atoms with Crippen LogP contribution >= 0.6 is 15.2 Å². The summed E-state index contributed by atoms with van der Waals surface area (Å²) < 4.78 is 33.6. The van der Waals surface area contributed by atoms with Gasteiger partial charge in [-0.25, -0.2) is 10.3 Å². The van der Waals surface area contributed by atoms with Gasteiger partial charge in [0.1, 0.15) is 18.3 Å². The summed E-state index contributed by atoms with van der Waals surface area (Å²) in [5, 5.41) is 20.4. The highest BCUT2D eigenvalue weighted by Crippen LogP contribution is 2.55. The van der Waals surface area contributed by atoms with Gasteiger partial charge in [0.15, 0.2) is 17.9 Å². The number of aromatic nitrogens is 2. The Labute approximate surface area is 193 Å². The second-order valence-corrected chi connectivity index (χ2v) is 11.7. The summed E-state index contributed by atoms with van der Waals surface area (Å²) in [5.74, 6) is -1.33. The van der Waals surface area contributed by atoms with Gasteiger partial charge in [-0.1, -0.05) is 29.8 Å². The Hall–Kier alpha value is -1.96. The van der Waals surface area contributed by atoms with Crippen molar-refractivity contribution in [3.63, 3.8) is 0 Å². The van der Waals surface area contributed by atoms with E-state index >= 15 is 0 Å². The van der Waals surface area contributed by atoms with Crippen molar-refractivity contribution in [2.75, 3.05) is 18.0 Å². The molecule has 0 saturated carbocycles. The van der Waals surface area contributed by atoms with Crippen molar-refractivity contribution in [2.24, 2.45) is 0 Å². The van der Waals surface area contributed by atoms with Gasteiger partial charge in [-0.2, -0.15) is 4.98 Å². The zero-order valence-electron chi connectivity index (χ0n) is 17.9. The van der Waals surface area contributed by atoms with Crippen LogP contribution in [0.25, 0.3) is 0 Å². The Kier molecular flexibility index (Phi) is 8.43. The van der Waals surface area contributed by atoms with E-state index in [0.29, 0.717) is 0 Å². The van der Waals surface area contributed by atoms with Gasteiger partial charge in [0, 0.05) is 6.20 Å². The molecule has 1 aromatic heterocycles. The number of rotatable bonds is 10. The summed E-state index contributed by atoms with van der Waals surface area (Å²) in [6.07, 6.45) is -4.76. The maximum atomic E-state index is 12.4. The molecule has 0 bridgehead atoms. The molecule has 2 heterocycles. The van der Waals surface area contributed by atoms with Crippen molar-refractivity contribution >= 4 is 21.0 Å². The highest BCUT2D eigenvalue weighted by atomic mass is 31.2. The van der Waals surface area contributed by atoms with Crippen LogP contribution in [0.1, 0.15) is 17.4 Å². The average molecular weight is 521 g/mol. The molecular weight excluding hydrogens is 496 g/mol. The Morgan fingerprint density at radius 1 is 1.12 bits per heavy atom. The topological polar surface area (TPSA) is 210 Å². The van der Waals surface area contributed by atoms with Crippen LogP contribution in [0.3, 0.4) is 0 Å². The minimum Gasteiger partial charge on any atom is -0.387 e. The number of anilines is 1. The molecule has 1 aliphatic heterocycles. The normalized spacial score (nSPS) is 24.6. The predicted octanol–water partition coefficient (Wildman–Crippen LogP) is 0.0518. The summed E-state index contributed by atoms with van der Waals surface area (Å²) in [7, 11) is -9.53. The van der Waals surface area contributed by atoms with Crippen molar-refractivity contribution < 1.29 is 48.1 Å². The lowest BCUT2D eigenvalue weighted by Crippen LogP contribution is -2.36. The van der Waals surface area contributed by atoms with E-state index < -0.39 is 57.9 Å². The molecule has 14 nitrogen and oxygen atoms in total. The molecule has 1 unspecified atom stereocenters. The van der Waals surface area contributed by atoms with E-state index in [-0.39, 0.29) is 12.4 Å². The van der Waals surface area contributed by atoms with Gasteiger partial charge in [-0.05, 0) is 18.6 Å². The van der Waals surface area contributed by atoms with Crippen LogP contribution in [0.2, 0.25) is 0 Å². The summed E-state index contributed by atoms with van der Waals surface area (Å²) in [5.41, 5.74) is 3.67. The molecule has 0 amide bonds. The van der Waals surface area contributed by atoms with E-state index in [0.717, 1.165) is 15.7 Å². The number of benzene rings is 1. The molecule has 0 aliphatic carbocycles. The SMILES string of the molecule is Cc1ccc(CONc2ccn([C@@H]3O[C@H](COP(=O)(O)CP(=O)(O)O)[C@@H](O)[C@H]3O)c(=O)n2)cc1. The van der Waals surface area contributed by atoms with Gasteiger partial charge in [-0.15, -0.1) is 0 Å². The van der Waals surface area contributed by atoms with E-state index in [1.54, 1.807) is 0 Å². The third kappa shape index (κ3) is 7.27. The molecule has 5 atom stereocenters. The highest BCUT2D eigenvalue weighted by Gasteiger charge is 2.45. The molecule has 3 rings (SSSR count). The van der Waals surface area contributed by atoms with E-state index in [2.05, 4.69) is 15.0 Å². The van der Waals surface area contributed by atoms with Crippen LogP contribution in [0, 0.1) is 6.92 Å². The Morgan fingerprint density at radius 3 is 2.41 bits per heavy atom. The number of hydrogen-bond acceptors (Lipinski definition) is 10. The van der Waals surface area contributed by atoms with E-state index in [1.807, 2.05) is 31.2 Å². The molecule has 188 valence electrons. The van der Waals surface area contributed by atoms with Crippen LogP contribution in [0.4, 0.5) is 5.82 Å². The first-order valence-corrected chi connectivity index (χ1v) is 13.5. The molecule has 1 aliphatic rings. The number of hydrogen-bond donors (Lipinski definition) is 6. The maximum Gasteiger partial charge on any atom is 0.351 e. The molecule has 2 aromatic rings. The number of aryl methyl sites for hydroxylation is 1. The van der Waals surface area contributed by atoms with E-state index in [4.69, 9.17) is 19.4 Å². The largest absolute Gasteiger partial charge is 0.387 e. The van der Waals surface area contributed by atoms with Crippen molar-refractivity contribution in [3.8, 4) is 0 Å². The summed E-state index contributed by atoms with van der Waals surface area (Å²) >= 11 is 0. The highest BCUT2D eigenvalue weighted by molar-refractivity contribution is 7.70. The lowest BCUT2D eigenvalue weighted by Gasteiger charge is -2.18.